The first-order chi connectivity index (χ1) is 9.88. The quantitative estimate of drug-likeness (QED) is 0.906. The molecule has 3 atom stereocenters. The fraction of sp³-hybridized carbons (Fsp3) is 0.824. The number of hydrogen-bond donors (Lipinski definition) is 1. The van der Waals surface area contributed by atoms with Crippen molar-refractivity contribution < 1.29 is 0 Å². The molecule has 0 aliphatic carbocycles. The molecule has 2 heterocycles. The Balaban J connectivity index is 2.18. The van der Waals surface area contributed by atoms with Gasteiger partial charge in [0.2, 0.25) is 0 Å². The third kappa shape index (κ3) is 3.67. The first kappa shape index (κ1) is 16.5. The molecule has 4 heteroatoms. The average Bonchev–Trinajstić information content (AvgIpc) is 2.76. The molecule has 3 unspecified atom stereocenters. The molecule has 0 aromatic carbocycles. The molecule has 1 aromatic rings. The van der Waals surface area contributed by atoms with E-state index >= 15 is 0 Å². The van der Waals surface area contributed by atoms with Crippen LogP contribution in [-0.2, 0) is 13.6 Å². The summed E-state index contributed by atoms with van der Waals surface area (Å²) in [4.78, 5) is 2.67. The van der Waals surface area contributed by atoms with Gasteiger partial charge in [0.15, 0.2) is 0 Å². The minimum absolute atomic E-state index is 0.234. The Morgan fingerprint density at radius 1 is 1.48 bits per heavy atom. The van der Waals surface area contributed by atoms with E-state index in [9.17, 15) is 0 Å². The lowest BCUT2D eigenvalue weighted by atomic mass is 9.88. The van der Waals surface area contributed by atoms with Gasteiger partial charge in [0.1, 0.15) is 0 Å². The smallest absolute Gasteiger partial charge is 0.0597 e. The number of aromatic nitrogens is 2. The van der Waals surface area contributed by atoms with Crippen LogP contribution in [0.1, 0.15) is 51.9 Å². The zero-order chi connectivity index (χ0) is 15.6. The molecule has 1 aliphatic heterocycles. The molecule has 0 saturated carbocycles. The van der Waals surface area contributed by atoms with Crippen molar-refractivity contribution >= 4 is 0 Å². The summed E-state index contributed by atoms with van der Waals surface area (Å²) in [6.07, 6.45) is 2.40. The standard InChI is InChI=1S/C17H32N4/c1-7-13(3)16-10-18-17(5,8-2)12-21(16)11-15-9-14(4)19-20(15)6/h9,13,16,18H,7-8,10-12H2,1-6H3. The van der Waals surface area contributed by atoms with Gasteiger partial charge in [-0.15, -0.1) is 0 Å². The van der Waals surface area contributed by atoms with Gasteiger partial charge in [-0.05, 0) is 32.3 Å². The minimum atomic E-state index is 0.234. The third-order valence-corrected chi connectivity index (χ3v) is 5.30. The van der Waals surface area contributed by atoms with Crippen LogP contribution in [0.25, 0.3) is 0 Å². The molecule has 21 heavy (non-hydrogen) atoms. The molecular formula is C17H32N4. The fourth-order valence-corrected chi connectivity index (χ4v) is 3.36. The van der Waals surface area contributed by atoms with Gasteiger partial charge in [0.05, 0.1) is 11.4 Å². The lowest BCUT2D eigenvalue weighted by Gasteiger charge is -2.48. The minimum Gasteiger partial charge on any atom is -0.309 e. The molecule has 0 amide bonds. The highest BCUT2D eigenvalue weighted by Crippen LogP contribution is 2.26. The van der Waals surface area contributed by atoms with Crippen LogP contribution in [0.15, 0.2) is 6.07 Å². The molecule has 1 N–H and O–H groups in total. The Kier molecular flexibility index (Phi) is 5.10. The number of aryl methyl sites for hydroxylation is 2. The predicted molar refractivity (Wildman–Crippen MR) is 88.3 cm³/mol. The van der Waals surface area contributed by atoms with E-state index in [0.29, 0.717) is 12.0 Å². The van der Waals surface area contributed by atoms with Crippen LogP contribution in [0, 0.1) is 12.8 Å². The molecule has 4 nitrogen and oxygen atoms in total. The SMILES string of the molecule is CCC(C)C1CNC(C)(CC)CN1Cc1cc(C)nn1C. The Morgan fingerprint density at radius 2 is 2.19 bits per heavy atom. The molecule has 120 valence electrons. The first-order valence-electron chi connectivity index (χ1n) is 8.37. The average molecular weight is 292 g/mol. The highest BCUT2D eigenvalue weighted by molar-refractivity contribution is 5.10. The maximum absolute atomic E-state index is 4.50. The van der Waals surface area contributed by atoms with Crippen molar-refractivity contribution in [1.29, 1.82) is 0 Å². The van der Waals surface area contributed by atoms with Crippen LogP contribution in [-0.4, -0.2) is 39.4 Å². The molecule has 0 spiro atoms. The van der Waals surface area contributed by atoms with E-state index in [1.165, 1.54) is 18.5 Å². The Morgan fingerprint density at radius 3 is 2.71 bits per heavy atom. The van der Waals surface area contributed by atoms with Gasteiger partial charge in [-0.3, -0.25) is 9.58 Å². The van der Waals surface area contributed by atoms with Gasteiger partial charge in [-0.2, -0.15) is 5.10 Å². The summed E-state index contributed by atoms with van der Waals surface area (Å²) in [7, 11) is 2.06. The van der Waals surface area contributed by atoms with Crippen LogP contribution in [0.3, 0.4) is 0 Å². The second kappa shape index (κ2) is 6.49. The Labute approximate surface area is 129 Å². The lowest BCUT2D eigenvalue weighted by Crippen LogP contribution is -2.63. The number of nitrogens with one attached hydrogen (secondary N) is 1. The monoisotopic (exact) mass is 292 g/mol. The highest BCUT2D eigenvalue weighted by Gasteiger charge is 2.36. The van der Waals surface area contributed by atoms with E-state index in [4.69, 9.17) is 0 Å². The van der Waals surface area contributed by atoms with Crippen molar-refractivity contribution in [1.82, 2.24) is 20.0 Å². The molecular weight excluding hydrogens is 260 g/mol. The summed E-state index contributed by atoms with van der Waals surface area (Å²) in [5.41, 5.74) is 2.67. The van der Waals surface area contributed by atoms with E-state index in [1.54, 1.807) is 0 Å². The third-order valence-electron chi connectivity index (χ3n) is 5.30. The second-order valence-electron chi connectivity index (χ2n) is 7.05. The van der Waals surface area contributed by atoms with E-state index < -0.39 is 0 Å². The van der Waals surface area contributed by atoms with Crippen LogP contribution in [0.2, 0.25) is 0 Å². The van der Waals surface area contributed by atoms with Crippen molar-refractivity contribution in [3.05, 3.63) is 17.5 Å². The second-order valence-corrected chi connectivity index (χ2v) is 7.05. The van der Waals surface area contributed by atoms with Crippen molar-refractivity contribution in [3.8, 4) is 0 Å². The molecule has 1 fully saturated rings. The van der Waals surface area contributed by atoms with Crippen molar-refractivity contribution in [2.45, 2.75) is 65.6 Å². The van der Waals surface area contributed by atoms with Crippen LogP contribution in [0.4, 0.5) is 0 Å². The zero-order valence-electron chi connectivity index (χ0n) is 14.6. The number of nitrogens with zero attached hydrogens (tertiary/aromatic N) is 3. The maximum atomic E-state index is 4.50. The van der Waals surface area contributed by atoms with Crippen LogP contribution < -0.4 is 5.32 Å². The summed E-state index contributed by atoms with van der Waals surface area (Å²) in [5, 5.41) is 8.28. The van der Waals surface area contributed by atoms with Crippen molar-refractivity contribution in [3.63, 3.8) is 0 Å². The molecule has 1 aliphatic rings. The predicted octanol–water partition coefficient (Wildman–Crippen LogP) is 2.72. The zero-order valence-corrected chi connectivity index (χ0v) is 14.6. The van der Waals surface area contributed by atoms with Gasteiger partial charge < -0.3 is 5.32 Å². The molecule has 0 bridgehead atoms. The normalized spacial score (nSPS) is 28.8. The van der Waals surface area contributed by atoms with Crippen molar-refractivity contribution in [2.75, 3.05) is 13.1 Å². The molecule has 1 aromatic heterocycles. The van der Waals surface area contributed by atoms with Gasteiger partial charge in [0.25, 0.3) is 0 Å². The molecule has 1 saturated heterocycles. The van der Waals surface area contributed by atoms with E-state index in [-0.39, 0.29) is 5.54 Å². The van der Waals surface area contributed by atoms with Gasteiger partial charge >= 0.3 is 0 Å². The van der Waals surface area contributed by atoms with Crippen molar-refractivity contribution in [2.24, 2.45) is 13.0 Å². The van der Waals surface area contributed by atoms with E-state index in [0.717, 1.165) is 25.3 Å². The van der Waals surface area contributed by atoms with Gasteiger partial charge in [0, 0.05) is 38.3 Å². The Hall–Kier alpha value is -0.870. The van der Waals surface area contributed by atoms with Gasteiger partial charge in [-0.25, -0.2) is 0 Å². The van der Waals surface area contributed by atoms with Crippen LogP contribution >= 0.6 is 0 Å². The number of hydrogen-bond acceptors (Lipinski definition) is 3. The summed E-state index contributed by atoms with van der Waals surface area (Å²) >= 11 is 0. The lowest BCUT2D eigenvalue weighted by molar-refractivity contribution is 0.0469. The largest absolute Gasteiger partial charge is 0.309 e. The summed E-state index contributed by atoms with van der Waals surface area (Å²) < 4.78 is 2.04. The number of rotatable bonds is 5. The molecule has 0 radical (unpaired) electrons. The van der Waals surface area contributed by atoms with Gasteiger partial charge in [-0.1, -0.05) is 27.2 Å². The molecule has 2 rings (SSSR count). The van der Waals surface area contributed by atoms with E-state index in [2.05, 4.69) is 63.0 Å². The number of piperazine rings is 1. The summed E-state index contributed by atoms with van der Waals surface area (Å²) in [5.74, 6) is 0.716. The first-order valence-corrected chi connectivity index (χ1v) is 8.37. The highest BCUT2D eigenvalue weighted by atomic mass is 15.3. The van der Waals surface area contributed by atoms with Crippen LogP contribution in [0.5, 0.6) is 0 Å². The topological polar surface area (TPSA) is 33.1 Å². The Bertz CT molecular complexity index is 467. The fourth-order valence-electron chi connectivity index (χ4n) is 3.36. The summed E-state index contributed by atoms with van der Waals surface area (Å²) in [6, 6.07) is 2.84. The summed E-state index contributed by atoms with van der Waals surface area (Å²) in [6.45, 7) is 14.6. The maximum Gasteiger partial charge on any atom is 0.0597 e. The van der Waals surface area contributed by atoms with E-state index in [1.807, 2.05) is 4.68 Å².